The first-order valence-electron chi connectivity index (χ1n) is 10.0. The molecule has 1 nitrogen and oxygen atoms in total. The van der Waals surface area contributed by atoms with Gasteiger partial charge in [0.1, 0.15) is 0 Å². The Morgan fingerprint density at radius 1 is 0.571 bits per heavy atom. The van der Waals surface area contributed by atoms with Crippen molar-refractivity contribution in [3.63, 3.8) is 0 Å². The summed E-state index contributed by atoms with van der Waals surface area (Å²) in [6, 6.07) is 28.3. The predicted molar refractivity (Wildman–Crippen MR) is 118 cm³/mol. The van der Waals surface area contributed by atoms with E-state index >= 15 is 0 Å². The highest BCUT2D eigenvalue weighted by molar-refractivity contribution is 5.83. The van der Waals surface area contributed by atoms with Crippen LogP contribution in [0.4, 0.5) is 0 Å². The number of hydrogen-bond acceptors (Lipinski definition) is 1. The Labute approximate surface area is 167 Å². The fraction of sp³-hybridized carbons (Fsp3) is 0.222. The average Bonchev–Trinajstić information content (AvgIpc) is 2.72. The summed E-state index contributed by atoms with van der Waals surface area (Å²) in [7, 11) is 0. The van der Waals surface area contributed by atoms with Gasteiger partial charge < -0.3 is 0 Å². The topological polar surface area (TPSA) is 12.9 Å². The van der Waals surface area contributed by atoms with Gasteiger partial charge in [-0.1, -0.05) is 94.4 Å². The second-order valence-corrected chi connectivity index (χ2v) is 8.91. The van der Waals surface area contributed by atoms with Gasteiger partial charge in [-0.3, -0.25) is 0 Å². The SMILES string of the molecule is CC1(C)c2ccccc2C(C)(C)c2c(-c3ccc4ccccc4n3)cccc21. The van der Waals surface area contributed by atoms with Gasteiger partial charge in [-0.05, 0) is 34.4 Å². The van der Waals surface area contributed by atoms with E-state index in [0.717, 1.165) is 11.2 Å². The van der Waals surface area contributed by atoms with E-state index in [1.807, 2.05) is 0 Å². The summed E-state index contributed by atoms with van der Waals surface area (Å²) in [6.45, 7) is 9.39. The Morgan fingerprint density at radius 3 is 2.00 bits per heavy atom. The van der Waals surface area contributed by atoms with Crippen LogP contribution < -0.4 is 0 Å². The molecule has 0 aliphatic heterocycles. The van der Waals surface area contributed by atoms with Crippen LogP contribution in [0.25, 0.3) is 22.2 Å². The van der Waals surface area contributed by atoms with Crippen molar-refractivity contribution in [3.8, 4) is 11.3 Å². The van der Waals surface area contributed by atoms with Crippen LogP contribution in [-0.2, 0) is 10.8 Å². The average molecular weight is 364 g/mol. The zero-order valence-corrected chi connectivity index (χ0v) is 17.0. The lowest BCUT2D eigenvalue weighted by atomic mass is 9.59. The normalized spacial score (nSPS) is 16.4. The van der Waals surface area contributed by atoms with E-state index in [1.54, 1.807) is 0 Å². The molecular weight excluding hydrogens is 338 g/mol. The Bertz CT molecular complexity index is 1210. The van der Waals surface area contributed by atoms with Gasteiger partial charge in [0.2, 0.25) is 0 Å². The number of benzene rings is 3. The molecule has 0 atom stereocenters. The molecule has 0 saturated carbocycles. The first-order chi connectivity index (χ1) is 13.4. The number of rotatable bonds is 1. The predicted octanol–water partition coefficient (Wildman–Crippen LogP) is 6.87. The minimum Gasteiger partial charge on any atom is -0.248 e. The molecule has 5 rings (SSSR count). The molecule has 0 radical (unpaired) electrons. The number of pyridine rings is 1. The summed E-state index contributed by atoms with van der Waals surface area (Å²) < 4.78 is 0. The van der Waals surface area contributed by atoms with E-state index in [9.17, 15) is 0 Å². The molecule has 0 bridgehead atoms. The summed E-state index contributed by atoms with van der Waals surface area (Å²) in [5.41, 5.74) is 8.89. The first-order valence-corrected chi connectivity index (χ1v) is 10.0. The van der Waals surface area contributed by atoms with Gasteiger partial charge in [-0.25, -0.2) is 4.98 Å². The van der Waals surface area contributed by atoms with Crippen LogP contribution in [0.15, 0.2) is 78.9 Å². The van der Waals surface area contributed by atoms with Crippen LogP contribution in [0, 0.1) is 0 Å². The number of aromatic nitrogens is 1. The summed E-state index contributed by atoms with van der Waals surface area (Å²) >= 11 is 0. The molecule has 0 N–H and O–H groups in total. The fourth-order valence-corrected chi connectivity index (χ4v) is 5.03. The smallest absolute Gasteiger partial charge is 0.0712 e. The Balaban J connectivity index is 1.83. The van der Waals surface area contributed by atoms with E-state index in [-0.39, 0.29) is 10.8 Å². The van der Waals surface area contributed by atoms with Crippen molar-refractivity contribution in [2.45, 2.75) is 38.5 Å². The van der Waals surface area contributed by atoms with Crippen molar-refractivity contribution >= 4 is 10.9 Å². The molecule has 0 amide bonds. The number of hydrogen-bond donors (Lipinski definition) is 0. The molecule has 4 aromatic rings. The maximum absolute atomic E-state index is 5.02. The van der Waals surface area contributed by atoms with Gasteiger partial charge in [0.05, 0.1) is 11.2 Å². The van der Waals surface area contributed by atoms with E-state index in [0.29, 0.717) is 0 Å². The fourth-order valence-electron chi connectivity index (χ4n) is 5.03. The molecule has 138 valence electrons. The molecular formula is C27H25N. The third-order valence-electron chi connectivity index (χ3n) is 6.51. The van der Waals surface area contributed by atoms with Crippen LogP contribution in [0.1, 0.15) is 49.9 Å². The maximum atomic E-state index is 5.02. The largest absolute Gasteiger partial charge is 0.248 e. The molecule has 1 aliphatic carbocycles. The Hall–Kier alpha value is -2.93. The van der Waals surface area contributed by atoms with Gasteiger partial charge in [-0.15, -0.1) is 0 Å². The van der Waals surface area contributed by atoms with Crippen molar-refractivity contribution < 1.29 is 0 Å². The maximum Gasteiger partial charge on any atom is 0.0712 e. The monoisotopic (exact) mass is 363 g/mol. The second kappa shape index (κ2) is 5.78. The summed E-state index contributed by atoms with van der Waals surface area (Å²) in [4.78, 5) is 5.02. The molecule has 0 saturated heterocycles. The molecule has 1 heterocycles. The van der Waals surface area contributed by atoms with Crippen LogP contribution in [0.2, 0.25) is 0 Å². The molecule has 0 fully saturated rings. The van der Waals surface area contributed by atoms with Crippen LogP contribution in [0.5, 0.6) is 0 Å². The van der Waals surface area contributed by atoms with Gasteiger partial charge >= 0.3 is 0 Å². The lowest BCUT2D eigenvalue weighted by Crippen LogP contribution is -2.37. The van der Waals surface area contributed by atoms with E-state index in [1.165, 1.54) is 33.2 Å². The molecule has 0 unspecified atom stereocenters. The van der Waals surface area contributed by atoms with Gasteiger partial charge in [0, 0.05) is 21.8 Å². The zero-order chi connectivity index (χ0) is 19.5. The Kier molecular flexibility index (Phi) is 3.55. The summed E-state index contributed by atoms with van der Waals surface area (Å²) in [5.74, 6) is 0. The number of para-hydroxylation sites is 1. The minimum atomic E-state index is -0.0780. The van der Waals surface area contributed by atoms with Crippen LogP contribution in [0.3, 0.4) is 0 Å². The van der Waals surface area contributed by atoms with E-state index in [2.05, 4.69) is 107 Å². The second-order valence-electron chi connectivity index (χ2n) is 8.91. The molecule has 28 heavy (non-hydrogen) atoms. The van der Waals surface area contributed by atoms with Crippen molar-refractivity contribution in [1.29, 1.82) is 0 Å². The van der Waals surface area contributed by atoms with E-state index in [4.69, 9.17) is 4.98 Å². The highest BCUT2D eigenvalue weighted by atomic mass is 14.7. The van der Waals surface area contributed by atoms with Crippen molar-refractivity contribution in [2.24, 2.45) is 0 Å². The van der Waals surface area contributed by atoms with Crippen molar-refractivity contribution in [3.05, 3.63) is 101 Å². The molecule has 1 heteroatoms. The molecule has 1 aliphatic rings. The standard InChI is InChI=1S/C27H25N/c1-26(2)20-12-6-7-13-21(20)27(3,4)25-19(11-9-14-22(25)26)24-17-16-18-10-5-8-15-23(18)28-24/h5-17H,1-4H3. The molecule has 1 aromatic heterocycles. The summed E-state index contributed by atoms with van der Waals surface area (Å²) in [6.07, 6.45) is 0. The third-order valence-corrected chi connectivity index (χ3v) is 6.51. The Morgan fingerprint density at radius 2 is 1.21 bits per heavy atom. The lowest BCUT2D eigenvalue weighted by Gasteiger charge is -2.44. The number of fused-ring (bicyclic) bond motifs is 3. The van der Waals surface area contributed by atoms with Gasteiger partial charge in [0.15, 0.2) is 0 Å². The van der Waals surface area contributed by atoms with Crippen LogP contribution in [-0.4, -0.2) is 4.98 Å². The summed E-state index contributed by atoms with van der Waals surface area (Å²) in [5, 5.41) is 1.18. The molecule has 3 aromatic carbocycles. The highest BCUT2D eigenvalue weighted by Gasteiger charge is 2.42. The highest BCUT2D eigenvalue weighted by Crippen LogP contribution is 2.52. The number of nitrogens with zero attached hydrogens (tertiary/aromatic N) is 1. The van der Waals surface area contributed by atoms with Crippen molar-refractivity contribution in [1.82, 2.24) is 4.98 Å². The van der Waals surface area contributed by atoms with Crippen molar-refractivity contribution in [2.75, 3.05) is 0 Å². The lowest BCUT2D eigenvalue weighted by molar-refractivity contribution is 0.522. The molecule has 0 spiro atoms. The first kappa shape index (κ1) is 17.2. The van der Waals surface area contributed by atoms with E-state index < -0.39 is 0 Å². The van der Waals surface area contributed by atoms with Gasteiger partial charge in [-0.2, -0.15) is 0 Å². The quantitative estimate of drug-likeness (QED) is 0.360. The minimum absolute atomic E-state index is 0.0334. The van der Waals surface area contributed by atoms with Gasteiger partial charge in [0.25, 0.3) is 0 Å². The third kappa shape index (κ3) is 2.29. The zero-order valence-electron chi connectivity index (χ0n) is 17.0. The van der Waals surface area contributed by atoms with Crippen LogP contribution >= 0.6 is 0 Å².